The van der Waals surface area contributed by atoms with Crippen molar-refractivity contribution in [1.29, 1.82) is 0 Å². The van der Waals surface area contributed by atoms with E-state index in [-0.39, 0.29) is 31.5 Å². The molecule has 3 rings (SSSR count). The van der Waals surface area contributed by atoms with Gasteiger partial charge < -0.3 is 0 Å². The summed E-state index contributed by atoms with van der Waals surface area (Å²) in [6.07, 6.45) is 0. The van der Waals surface area contributed by atoms with E-state index in [2.05, 4.69) is 4.72 Å². The first-order valence-electron chi connectivity index (χ1n) is 7.32. The van der Waals surface area contributed by atoms with Gasteiger partial charge in [0.1, 0.15) is 0 Å². The Labute approximate surface area is 158 Å². The average molecular weight is 417 g/mol. The summed E-state index contributed by atoms with van der Waals surface area (Å²) in [7, 11) is -3.87. The van der Waals surface area contributed by atoms with Crippen molar-refractivity contribution in [3.05, 3.63) is 56.1 Å². The molecule has 1 heterocycles. The van der Waals surface area contributed by atoms with E-state index >= 15 is 0 Å². The Morgan fingerprint density at radius 2 is 1.88 bits per heavy atom. The Kier molecular flexibility index (Phi) is 4.85. The van der Waals surface area contributed by atoms with Crippen LogP contribution in [0.15, 0.2) is 46.1 Å². The normalized spacial score (nSPS) is 12.0. The molecule has 0 fully saturated rings. The summed E-state index contributed by atoms with van der Waals surface area (Å²) in [6, 6.07) is 9.28. The van der Waals surface area contributed by atoms with E-state index in [1.165, 1.54) is 18.2 Å². The molecule has 0 aliphatic carbocycles. The van der Waals surface area contributed by atoms with Gasteiger partial charge in [-0.25, -0.2) is 8.42 Å². The largest absolute Gasteiger partial charge is 0.308 e. The Hall–Kier alpha value is -1.54. The van der Waals surface area contributed by atoms with Gasteiger partial charge in [0.05, 0.1) is 30.8 Å². The van der Waals surface area contributed by atoms with Crippen molar-refractivity contribution in [2.24, 2.45) is 0 Å². The quantitative estimate of drug-likeness (QED) is 0.666. The van der Waals surface area contributed by atoms with Crippen LogP contribution in [0.1, 0.15) is 19.9 Å². The summed E-state index contributed by atoms with van der Waals surface area (Å²) in [4.78, 5) is 12.0. The number of sulfonamides is 1. The molecule has 3 aromatic rings. The molecule has 0 amide bonds. The molecule has 0 saturated carbocycles. The maximum Gasteiger partial charge on any atom is 0.308 e. The number of hydrogen-bond acceptors (Lipinski definition) is 4. The van der Waals surface area contributed by atoms with Crippen LogP contribution in [-0.2, 0) is 10.0 Å². The van der Waals surface area contributed by atoms with Crippen LogP contribution in [0.25, 0.3) is 10.2 Å². The molecule has 0 aliphatic rings. The van der Waals surface area contributed by atoms with Gasteiger partial charge in [-0.2, -0.15) is 0 Å². The van der Waals surface area contributed by atoms with Gasteiger partial charge in [-0.05, 0) is 44.2 Å². The zero-order chi connectivity index (χ0) is 18.4. The molecule has 9 heteroatoms. The Morgan fingerprint density at radius 1 is 1.16 bits per heavy atom. The first-order chi connectivity index (χ1) is 11.7. The van der Waals surface area contributed by atoms with Crippen LogP contribution in [0.4, 0.5) is 5.69 Å². The van der Waals surface area contributed by atoms with Gasteiger partial charge in [0.2, 0.25) is 0 Å². The minimum atomic E-state index is -3.87. The van der Waals surface area contributed by atoms with Crippen LogP contribution in [0.2, 0.25) is 10.0 Å². The number of halogens is 2. The number of nitrogens with zero attached hydrogens (tertiary/aromatic N) is 1. The molecule has 25 heavy (non-hydrogen) atoms. The minimum absolute atomic E-state index is 0.00732. The van der Waals surface area contributed by atoms with E-state index < -0.39 is 10.0 Å². The Balaban J connectivity index is 2.06. The van der Waals surface area contributed by atoms with Gasteiger partial charge >= 0.3 is 4.87 Å². The van der Waals surface area contributed by atoms with E-state index in [9.17, 15) is 13.2 Å². The van der Waals surface area contributed by atoms with Crippen molar-refractivity contribution in [1.82, 2.24) is 4.57 Å². The second kappa shape index (κ2) is 6.64. The number of thiazole rings is 1. The number of anilines is 1. The predicted octanol–water partition coefficient (Wildman–Crippen LogP) is 4.75. The van der Waals surface area contributed by atoms with Gasteiger partial charge in [0, 0.05) is 6.04 Å². The maximum atomic E-state index is 12.6. The van der Waals surface area contributed by atoms with Crippen molar-refractivity contribution in [3.8, 4) is 0 Å². The topological polar surface area (TPSA) is 68.2 Å². The smallest absolute Gasteiger partial charge is 0.296 e. The minimum Gasteiger partial charge on any atom is -0.296 e. The zero-order valence-electron chi connectivity index (χ0n) is 13.3. The summed E-state index contributed by atoms with van der Waals surface area (Å²) in [5.74, 6) is 0. The van der Waals surface area contributed by atoms with Crippen LogP contribution in [0, 0.1) is 0 Å². The third-order valence-electron chi connectivity index (χ3n) is 3.61. The highest BCUT2D eigenvalue weighted by Gasteiger charge is 2.19. The lowest BCUT2D eigenvalue weighted by atomic mass is 10.3. The third-order valence-corrected chi connectivity index (χ3v) is 6.71. The number of nitrogens with one attached hydrogen (secondary N) is 1. The standard InChI is InChI=1S/C16H14Cl2N2O3S2/c1-9(2)20-13-7-6-10(8-14(13)24-16(20)21)25(22,23)19-12-5-3-4-11(17)15(12)18/h3-9,19H,1-2H3. The first kappa shape index (κ1) is 18.3. The molecular formula is C16H14Cl2N2O3S2. The zero-order valence-corrected chi connectivity index (χ0v) is 16.4. The lowest BCUT2D eigenvalue weighted by Crippen LogP contribution is -2.15. The monoisotopic (exact) mass is 416 g/mol. The van der Waals surface area contributed by atoms with Gasteiger partial charge in [0.25, 0.3) is 10.0 Å². The fraction of sp³-hybridized carbons (Fsp3) is 0.188. The lowest BCUT2D eigenvalue weighted by Gasteiger charge is -2.11. The number of fused-ring (bicyclic) bond motifs is 1. The molecule has 5 nitrogen and oxygen atoms in total. The second-order valence-electron chi connectivity index (χ2n) is 5.67. The van der Waals surface area contributed by atoms with Crippen LogP contribution in [0.3, 0.4) is 0 Å². The van der Waals surface area contributed by atoms with E-state index in [0.717, 1.165) is 11.3 Å². The number of aromatic nitrogens is 1. The SMILES string of the molecule is CC(C)n1c(=O)sc2cc(S(=O)(=O)Nc3cccc(Cl)c3Cl)ccc21. The van der Waals surface area contributed by atoms with E-state index in [1.807, 2.05) is 13.8 Å². The molecule has 1 N–H and O–H groups in total. The van der Waals surface area contributed by atoms with E-state index in [1.54, 1.807) is 22.8 Å². The van der Waals surface area contributed by atoms with Crippen LogP contribution in [0.5, 0.6) is 0 Å². The summed E-state index contributed by atoms with van der Waals surface area (Å²) in [5, 5.41) is 0.383. The van der Waals surface area contributed by atoms with E-state index in [4.69, 9.17) is 23.2 Å². The molecule has 0 aliphatic heterocycles. The van der Waals surface area contributed by atoms with Crippen molar-refractivity contribution in [2.75, 3.05) is 4.72 Å². The highest BCUT2D eigenvalue weighted by molar-refractivity contribution is 7.92. The van der Waals surface area contributed by atoms with Crippen molar-refractivity contribution in [3.63, 3.8) is 0 Å². The summed E-state index contributed by atoms with van der Waals surface area (Å²) < 4.78 is 30.0. The van der Waals surface area contributed by atoms with Crippen molar-refractivity contribution in [2.45, 2.75) is 24.8 Å². The van der Waals surface area contributed by atoms with Gasteiger partial charge in [0.15, 0.2) is 0 Å². The van der Waals surface area contributed by atoms with Gasteiger partial charge in [-0.3, -0.25) is 14.1 Å². The summed E-state index contributed by atoms with van der Waals surface area (Å²) in [6.45, 7) is 3.81. The number of hydrogen-bond donors (Lipinski definition) is 1. The molecular weight excluding hydrogens is 403 g/mol. The highest BCUT2D eigenvalue weighted by atomic mass is 35.5. The average Bonchev–Trinajstić information content (AvgIpc) is 2.86. The maximum absolute atomic E-state index is 12.6. The molecule has 0 saturated heterocycles. The summed E-state index contributed by atoms with van der Waals surface area (Å²) in [5.41, 5.74) is 0.909. The second-order valence-corrected chi connectivity index (χ2v) is 9.13. The molecule has 0 radical (unpaired) electrons. The molecule has 1 aromatic heterocycles. The molecule has 0 unspecified atom stereocenters. The molecule has 0 atom stereocenters. The Morgan fingerprint density at radius 3 is 2.56 bits per heavy atom. The van der Waals surface area contributed by atoms with Crippen LogP contribution in [-0.4, -0.2) is 13.0 Å². The highest BCUT2D eigenvalue weighted by Crippen LogP contribution is 2.32. The third kappa shape index (κ3) is 3.42. The number of benzene rings is 2. The van der Waals surface area contributed by atoms with Gasteiger partial charge in [-0.1, -0.05) is 40.6 Å². The fourth-order valence-electron chi connectivity index (χ4n) is 2.46. The molecule has 132 valence electrons. The lowest BCUT2D eigenvalue weighted by molar-refractivity contribution is 0.601. The van der Waals surface area contributed by atoms with Crippen LogP contribution >= 0.6 is 34.5 Å². The number of rotatable bonds is 4. The van der Waals surface area contributed by atoms with E-state index in [0.29, 0.717) is 10.2 Å². The van der Waals surface area contributed by atoms with Crippen LogP contribution < -0.4 is 9.60 Å². The molecule has 0 bridgehead atoms. The Bertz CT molecular complexity index is 1120. The summed E-state index contributed by atoms with van der Waals surface area (Å²) >= 11 is 13.0. The van der Waals surface area contributed by atoms with Crippen molar-refractivity contribution < 1.29 is 8.42 Å². The fourth-order valence-corrected chi connectivity index (χ4v) is 5.09. The van der Waals surface area contributed by atoms with Gasteiger partial charge in [-0.15, -0.1) is 0 Å². The molecule has 2 aromatic carbocycles. The predicted molar refractivity (Wildman–Crippen MR) is 104 cm³/mol. The van der Waals surface area contributed by atoms with Crippen molar-refractivity contribution >= 4 is 60.5 Å². The molecule has 0 spiro atoms. The first-order valence-corrected chi connectivity index (χ1v) is 10.4.